The summed E-state index contributed by atoms with van der Waals surface area (Å²) >= 11 is 0. The molecule has 2 rings (SSSR count). The zero-order chi connectivity index (χ0) is 16.4. The van der Waals surface area contributed by atoms with Crippen LogP contribution in [0.15, 0.2) is 52.0 Å². The predicted octanol–water partition coefficient (Wildman–Crippen LogP) is 3.44. The molecule has 4 nitrogen and oxygen atoms in total. The summed E-state index contributed by atoms with van der Waals surface area (Å²) in [5, 5.41) is 0. The number of hydrogen-bond acceptors (Lipinski definition) is 3. The van der Waals surface area contributed by atoms with Crippen LogP contribution in [0.25, 0.3) is 0 Å². The van der Waals surface area contributed by atoms with Gasteiger partial charge < -0.3 is 4.42 Å². The number of hydrogen-bond donors (Lipinski definition) is 0. The Kier molecular flexibility index (Phi) is 4.78. The minimum atomic E-state index is -3.46. The van der Waals surface area contributed by atoms with Crippen molar-refractivity contribution in [2.45, 2.75) is 37.5 Å². The number of benzene rings is 1. The fourth-order valence-corrected chi connectivity index (χ4v) is 3.32. The third-order valence-electron chi connectivity index (χ3n) is 3.68. The molecule has 0 aliphatic carbocycles. The van der Waals surface area contributed by atoms with Crippen LogP contribution in [0, 0.1) is 0 Å². The van der Waals surface area contributed by atoms with Gasteiger partial charge in [-0.15, -0.1) is 0 Å². The highest BCUT2D eigenvalue weighted by molar-refractivity contribution is 7.89. The Morgan fingerprint density at radius 3 is 2.23 bits per heavy atom. The lowest BCUT2D eigenvalue weighted by molar-refractivity contribution is 0.441. The van der Waals surface area contributed by atoms with E-state index in [0.29, 0.717) is 17.9 Å². The zero-order valence-corrected chi connectivity index (χ0v) is 14.4. The summed E-state index contributed by atoms with van der Waals surface area (Å²) in [4.78, 5) is 0.322. The normalized spacial score (nSPS) is 12.8. The van der Waals surface area contributed by atoms with Gasteiger partial charge in [0.05, 0.1) is 11.2 Å². The van der Waals surface area contributed by atoms with Crippen LogP contribution in [-0.2, 0) is 21.9 Å². The molecule has 0 radical (unpaired) electrons. The van der Waals surface area contributed by atoms with Gasteiger partial charge in [0.1, 0.15) is 5.76 Å². The lowest BCUT2D eigenvalue weighted by Gasteiger charge is -2.20. The molecule has 0 aliphatic heterocycles. The highest BCUT2D eigenvalue weighted by atomic mass is 32.2. The van der Waals surface area contributed by atoms with E-state index >= 15 is 0 Å². The van der Waals surface area contributed by atoms with Crippen LogP contribution in [0.2, 0.25) is 0 Å². The summed E-state index contributed by atoms with van der Waals surface area (Å²) in [6.45, 7) is 6.70. The Morgan fingerprint density at radius 2 is 1.73 bits per heavy atom. The van der Waals surface area contributed by atoms with E-state index in [2.05, 4.69) is 20.8 Å². The summed E-state index contributed by atoms with van der Waals surface area (Å²) in [5.74, 6) is 0.783. The van der Waals surface area contributed by atoms with E-state index in [9.17, 15) is 8.42 Å². The van der Waals surface area contributed by atoms with Gasteiger partial charge in [-0.2, -0.15) is 0 Å². The van der Waals surface area contributed by atoms with E-state index in [1.165, 1.54) is 4.31 Å². The van der Waals surface area contributed by atoms with Crippen molar-refractivity contribution < 1.29 is 12.8 Å². The minimum absolute atomic E-state index is 0.00742. The van der Waals surface area contributed by atoms with Crippen molar-refractivity contribution in [3.05, 3.63) is 54.0 Å². The van der Waals surface area contributed by atoms with Gasteiger partial charge in [0.15, 0.2) is 0 Å². The first-order valence-electron chi connectivity index (χ1n) is 7.30. The largest absolute Gasteiger partial charge is 0.469 e. The maximum atomic E-state index is 12.5. The van der Waals surface area contributed by atoms with E-state index in [0.717, 1.165) is 11.3 Å². The maximum Gasteiger partial charge on any atom is 0.242 e. The molecule has 22 heavy (non-hydrogen) atoms. The van der Waals surface area contributed by atoms with Crippen molar-refractivity contribution in [1.82, 2.24) is 4.31 Å². The molecule has 1 aromatic carbocycles. The Hall–Kier alpha value is -1.59. The number of rotatable bonds is 5. The molecule has 0 fully saturated rings. The van der Waals surface area contributed by atoms with Crippen molar-refractivity contribution >= 4 is 10.0 Å². The Balaban J connectivity index is 2.11. The lowest BCUT2D eigenvalue weighted by Crippen LogP contribution is -2.29. The monoisotopic (exact) mass is 321 g/mol. The number of likely N-dealkylation sites (N-methyl/N-ethyl adjacent to an activating group) is 1. The van der Waals surface area contributed by atoms with Crippen LogP contribution >= 0.6 is 0 Å². The van der Waals surface area contributed by atoms with Gasteiger partial charge in [-0.3, -0.25) is 0 Å². The molecule has 120 valence electrons. The standard InChI is InChI=1S/C17H23NO3S/c1-17(2,3)14-7-9-16(10-8-14)22(19,20)18(4)12-11-15-6-5-13-21-15/h5-10,13H,11-12H2,1-4H3. The van der Waals surface area contributed by atoms with E-state index in [1.54, 1.807) is 31.5 Å². The highest BCUT2D eigenvalue weighted by Crippen LogP contribution is 2.24. The minimum Gasteiger partial charge on any atom is -0.469 e. The fourth-order valence-electron chi connectivity index (χ4n) is 2.15. The van der Waals surface area contributed by atoms with Crippen molar-refractivity contribution in [3.8, 4) is 0 Å². The Labute approximate surface area is 132 Å². The first-order chi connectivity index (χ1) is 10.2. The molecule has 2 aromatic rings. The van der Waals surface area contributed by atoms with E-state index in [1.807, 2.05) is 18.2 Å². The molecule has 0 saturated heterocycles. The van der Waals surface area contributed by atoms with Crippen molar-refractivity contribution in [3.63, 3.8) is 0 Å². The molecule has 0 spiro atoms. The van der Waals surface area contributed by atoms with Crippen LogP contribution in [0.3, 0.4) is 0 Å². The molecule has 0 bridgehead atoms. The maximum absolute atomic E-state index is 12.5. The topological polar surface area (TPSA) is 50.5 Å². The molecule has 0 atom stereocenters. The SMILES string of the molecule is CN(CCc1ccco1)S(=O)(=O)c1ccc(C(C)(C)C)cc1. The molecule has 0 aliphatic rings. The van der Waals surface area contributed by atoms with Gasteiger partial charge in [-0.25, -0.2) is 12.7 Å². The third kappa shape index (κ3) is 3.78. The summed E-state index contributed by atoms with van der Waals surface area (Å²) in [5.41, 5.74) is 1.12. The molecule has 0 saturated carbocycles. The third-order valence-corrected chi connectivity index (χ3v) is 5.55. The summed E-state index contributed by atoms with van der Waals surface area (Å²) < 4.78 is 31.7. The number of nitrogens with zero attached hydrogens (tertiary/aromatic N) is 1. The molecule has 0 N–H and O–H groups in total. The van der Waals surface area contributed by atoms with Gasteiger partial charge in [0.2, 0.25) is 10.0 Å². The first-order valence-corrected chi connectivity index (χ1v) is 8.74. The van der Waals surface area contributed by atoms with Crippen LogP contribution in [-0.4, -0.2) is 26.3 Å². The van der Waals surface area contributed by atoms with Gasteiger partial charge in [-0.05, 0) is 35.2 Å². The van der Waals surface area contributed by atoms with Crippen LogP contribution in [0.1, 0.15) is 32.1 Å². The van der Waals surface area contributed by atoms with Gasteiger partial charge in [0, 0.05) is 20.0 Å². The van der Waals surface area contributed by atoms with Gasteiger partial charge in [-0.1, -0.05) is 32.9 Å². The molecular weight excluding hydrogens is 298 g/mol. The smallest absolute Gasteiger partial charge is 0.242 e. The molecule has 0 unspecified atom stereocenters. The second-order valence-corrected chi connectivity index (χ2v) is 8.48. The van der Waals surface area contributed by atoms with Crippen LogP contribution in [0.4, 0.5) is 0 Å². The fraction of sp³-hybridized carbons (Fsp3) is 0.412. The summed E-state index contributed by atoms with van der Waals surface area (Å²) in [6, 6.07) is 10.8. The first kappa shape index (κ1) is 16.8. The van der Waals surface area contributed by atoms with Crippen LogP contribution in [0.5, 0.6) is 0 Å². The molecule has 1 heterocycles. The van der Waals surface area contributed by atoms with E-state index in [4.69, 9.17) is 4.42 Å². The zero-order valence-electron chi connectivity index (χ0n) is 13.5. The molecule has 0 amide bonds. The van der Waals surface area contributed by atoms with Gasteiger partial charge >= 0.3 is 0 Å². The highest BCUT2D eigenvalue weighted by Gasteiger charge is 2.22. The lowest BCUT2D eigenvalue weighted by atomic mass is 9.87. The predicted molar refractivity (Wildman–Crippen MR) is 87.4 cm³/mol. The second-order valence-electron chi connectivity index (χ2n) is 6.43. The second kappa shape index (κ2) is 6.26. The Morgan fingerprint density at radius 1 is 1.09 bits per heavy atom. The van der Waals surface area contributed by atoms with Crippen molar-refractivity contribution in [1.29, 1.82) is 0 Å². The van der Waals surface area contributed by atoms with Crippen molar-refractivity contribution in [2.24, 2.45) is 0 Å². The number of furan rings is 1. The van der Waals surface area contributed by atoms with E-state index < -0.39 is 10.0 Å². The average molecular weight is 321 g/mol. The Bertz CT molecular complexity index is 695. The molecular formula is C17H23NO3S. The summed E-state index contributed by atoms with van der Waals surface area (Å²) in [7, 11) is -1.87. The molecule has 5 heteroatoms. The van der Waals surface area contributed by atoms with Gasteiger partial charge in [0.25, 0.3) is 0 Å². The summed E-state index contributed by atoms with van der Waals surface area (Å²) in [6.07, 6.45) is 2.15. The molecule has 1 aromatic heterocycles. The quantitative estimate of drug-likeness (QED) is 0.847. The van der Waals surface area contributed by atoms with E-state index in [-0.39, 0.29) is 5.41 Å². The van der Waals surface area contributed by atoms with Crippen molar-refractivity contribution in [2.75, 3.05) is 13.6 Å². The number of sulfonamides is 1. The van der Waals surface area contributed by atoms with Crippen LogP contribution < -0.4 is 0 Å². The average Bonchev–Trinajstić information content (AvgIpc) is 2.97.